The van der Waals surface area contributed by atoms with Crippen LogP contribution in [-0.2, 0) is 9.53 Å². The van der Waals surface area contributed by atoms with Gasteiger partial charge in [0, 0.05) is 37.5 Å². The number of morpholine rings is 1. The first kappa shape index (κ1) is 24.0. The average Bonchev–Trinajstić information content (AvgIpc) is 3.27. The van der Waals surface area contributed by atoms with Gasteiger partial charge in [0.15, 0.2) is 0 Å². The Labute approximate surface area is 212 Å². The molecule has 36 heavy (non-hydrogen) atoms. The second-order valence-corrected chi connectivity index (χ2v) is 9.67. The van der Waals surface area contributed by atoms with Crippen LogP contribution in [0.1, 0.15) is 20.8 Å². The van der Waals surface area contributed by atoms with Gasteiger partial charge in [0.05, 0.1) is 23.4 Å². The van der Waals surface area contributed by atoms with Crippen LogP contribution in [-0.4, -0.2) is 41.2 Å². The molecule has 0 radical (unpaired) electrons. The largest absolute Gasteiger partial charge is 0.437 e. The smallest absolute Gasteiger partial charge is 0.242 e. The van der Waals surface area contributed by atoms with Crippen LogP contribution in [0, 0.1) is 5.82 Å². The maximum Gasteiger partial charge on any atom is 0.242 e. The molecule has 1 saturated heterocycles. The Bertz CT molecular complexity index is 1400. The highest BCUT2D eigenvalue weighted by atomic mass is 32.1. The molecule has 0 saturated carbocycles. The molecule has 1 aliphatic heterocycles. The number of ether oxygens (including phenoxy) is 2. The zero-order valence-corrected chi connectivity index (χ0v) is 20.9. The van der Waals surface area contributed by atoms with E-state index in [1.54, 1.807) is 30.3 Å². The van der Waals surface area contributed by atoms with Crippen molar-refractivity contribution in [3.05, 3.63) is 59.7 Å². The molecule has 1 amide bonds. The number of hydrogen-bond acceptors (Lipinski definition) is 8. The van der Waals surface area contributed by atoms with Crippen molar-refractivity contribution in [3.8, 4) is 11.6 Å². The quantitative estimate of drug-likeness (QED) is 0.334. The fourth-order valence-corrected chi connectivity index (χ4v) is 5.01. The van der Waals surface area contributed by atoms with E-state index in [9.17, 15) is 4.79 Å². The summed E-state index contributed by atoms with van der Waals surface area (Å²) in [6, 6.07) is 13.9. The summed E-state index contributed by atoms with van der Waals surface area (Å²) in [7, 11) is 0. The van der Waals surface area contributed by atoms with E-state index in [1.807, 2.05) is 36.3 Å². The number of anilines is 4. The van der Waals surface area contributed by atoms with Gasteiger partial charge in [-0.15, -0.1) is 11.3 Å². The molecule has 0 spiro atoms. The molecule has 2 aromatic carbocycles. The monoisotopic (exact) mass is 507 g/mol. The van der Waals surface area contributed by atoms with Gasteiger partial charge < -0.3 is 25.0 Å². The zero-order valence-electron chi connectivity index (χ0n) is 20.1. The van der Waals surface area contributed by atoms with E-state index in [4.69, 9.17) is 9.47 Å². The number of carbonyl (C=O) groups is 1. The van der Waals surface area contributed by atoms with Crippen molar-refractivity contribution in [3.63, 3.8) is 0 Å². The van der Waals surface area contributed by atoms with E-state index in [1.165, 1.54) is 24.3 Å². The SMILES string of the molecule is CC(=O)Nc1cccc(Oc2nc(Nc3ccc(N4CC(C)OC(C)C4)c(F)c3)nc3ccsc23)c1. The lowest BCUT2D eigenvalue weighted by atomic mass is 10.2. The van der Waals surface area contributed by atoms with Gasteiger partial charge >= 0.3 is 0 Å². The van der Waals surface area contributed by atoms with Gasteiger partial charge in [-0.2, -0.15) is 4.98 Å². The number of nitrogens with one attached hydrogen (secondary N) is 2. The van der Waals surface area contributed by atoms with Crippen molar-refractivity contribution < 1.29 is 18.7 Å². The first-order valence-electron chi connectivity index (χ1n) is 11.6. The molecule has 2 atom stereocenters. The summed E-state index contributed by atoms with van der Waals surface area (Å²) in [5, 5.41) is 7.74. The lowest BCUT2D eigenvalue weighted by Gasteiger charge is -2.37. The Morgan fingerprint density at radius 2 is 1.92 bits per heavy atom. The minimum atomic E-state index is -0.329. The van der Waals surface area contributed by atoms with E-state index in [0.717, 1.165) is 4.70 Å². The van der Waals surface area contributed by atoms with Crippen LogP contribution in [0.5, 0.6) is 11.6 Å². The lowest BCUT2D eigenvalue weighted by molar-refractivity contribution is -0.114. The third-order valence-electron chi connectivity index (χ3n) is 5.61. The molecule has 8 nitrogen and oxygen atoms in total. The molecule has 2 N–H and O–H groups in total. The summed E-state index contributed by atoms with van der Waals surface area (Å²) >= 11 is 1.46. The van der Waals surface area contributed by atoms with Gasteiger partial charge in [-0.1, -0.05) is 6.07 Å². The third kappa shape index (κ3) is 5.39. The second kappa shape index (κ2) is 10.1. The molecule has 5 rings (SSSR count). The lowest BCUT2D eigenvalue weighted by Crippen LogP contribution is -2.45. The molecule has 4 aromatic rings. The summed E-state index contributed by atoms with van der Waals surface area (Å²) < 4.78 is 27.7. The minimum Gasteiger partial charge on any atom is -0.437 e. The number of benzene rings is 2. The highest BCUT2D eigenvalue weighted by Gasteiger charge is 2.24. The van der Waals surface area contributed by atoms with Gasteiger partial charge in [0.1, 0.15) is 16.3 Å². The number of rotatable bonds is 6. The Hall–Kier alpha value is -3.76. The topological polar surface area (TPSA) is 88.6 Å². The number of carbonyl (C=O) groups excluding carboxylic acids is 1. The van der Waals surface area contributed by atoms with Crippen LogP contribution in [0.4, 0.5) is 27.4 Å². The Balaban J connectivity index is 1.39. The minimum absolute atomic E-state index is 0.0362. The molecule has 0 bridgehead atoms. The number of amides is 1. The molecule has 1 aliphatic rings. The van der Waals surface area contributed by atoms with Crippen LogP contribution < -0.4 is 20.3 Å². The number of nitrogens with zero attached hydrogens (tertiary/aromatic N) is 3. The Morgan fingerprint density at radius 3 is 2.67 bits per heavy atom. The van der Waals surface area contributed by atoms with E-state index in [-0.39, 0.29) is 29.9 Å². The standard InChI is InChI=1S/C26H26FN5O3S/c1-15-13-32(14-16(2)34-15)23-8-7-19(12-21(23)27)29-26-30-22-9-10-36-24(22)25(31-26)35-20-6-4-5-18(11-20)28-17(3)33/h4-12,15-16H,13-14H2,1-3H3,(H,28,33)(H,29,30,31). The Morgan fingerprint density at radius 1 is 1.11 bits per heavy atom. The first-order chi connectivity index (χ1) is 17.3. The maximum atomic E-state index is 15.1. The van der Waals surface area contributed by atoms with Crippen molar-refractivity contribution in [1.29, 1.82) is 0 Å². The van der Waals surface area contributed by atoms with Gasteiger partial charge in [-0.25, -0.2) is 9.37 Å². The van der Waals surface area contributed by atoms with Crippen molar-refractivity contribution in [1.82, 2.24) is 9.97 Å². The number of hydrogen-bond donors (Lipinski definition) is 2. The normalized spacial score (nSPS) is 17.7. The number of thiophene rings is 1. The fraction of sp³-hybridized carbons (Fsp3) is 0.269. The zero-order chi connectivity index (χ0) is 25.2. The molecular formula is C26H26FN5O3S. The van der Waals surface area contributed by atoms with Crippen LogP contribution in [0.2, 0.25) is 0 Å². The summed E-state index contributed by atoms with van der Waals surface area (Å²) in [6.45, 7) is 6.70. The van der Waals surface area contributed by atoms with Crippen LogP contribution in [0.25, 0.3) is 10.2 Å². The summed E-state index contributed by atoms with van der Waals surface area (Å²) in [4.78, 5) is 22.5. The molecule has 186 valence electrons. The summed E-state index contributed by atoms with van der Waals surface area (Å²) in [5.41, 5.74) is 2.40. The fourth-order valence-electron chi connectivity index (χ4n) is 4.26. The van der Waals surface area contributed by atoms with Gasteiger partial charge in [0.2, 0.25) is 17.7 Å². The van der Waals surface area contributed by atoms with Gasteiger partial charge in [0.25, 0.3) is 0 Å². The number of aromatic nitrogens is 2. The van der Waals surface area contributed by atoms with E-state index in [2.05, 4.69) is 20.6 Å². The Kier molecular flexibility index (Phi) is 6.71. The van der Waals surface area contributed by atoms with Gasteiger partial charge in [-0.3, -0.25) is 4.79 Å². The molecule has 10 heteroatoms. The summed E-state index contributed by atoms with van der Waals surface area (Å²) in [5.74, 6) is 0.673. The summed E-state index contributed by atoms with van der Waals surface area (Å²) in [6.07, 6.45) is 0.0723. The van der Waals surface area contributed by atoms with Crippen LogP contribution in [0.15, 0.2) is 53.9 Å². The van der Waals surface area contributed by atoms with E-state index < -0.39 is 0 Å². The molecule has 0 aliphatic carbocycles. The molecule has 3 heterocycles. The molecule has 2 aromatic heterocycles. The highest BCUT2D eigenvalue weighted by molar-refractivity contribution is 7.17. The predicted octanol–water partition coefficient (Wildman–Crippen LogP) is 5.94. The van der Waals surface area contributed by atoms with Crippen molar-refractivity contribution in [2.24, 2.45) is 0 Å². The van der Waals surface area contributed by atoms with E-state index >= 15 is 4.39 Å². The maximum absolute atomic E-state index is 15.1. The van der Waals surface area contributed by atoms with Crippen LogP contribution >= 0.6 is 11.3 Å². The molecule has 1 fully saturated rings. The highest BCUT2D eigenvalue weighted by Crippen LogP contribution is 2.34. The van der Waals surface area contributed by atoms with Crippen molar-refractivity contribution in [2.45, 2.75) is 33.0 Å². The predicted molar refractivity (Wildman–Crippen MR) is 140 cm³/mol. The van der Waals surface area contributed by atoms with Crippen LogP contribution in [0.3, 0.4) is 0 Å². The van der Waals surface area contributed by atoms with Crippen molar-refractivity contribution in [2.75, 3.05) is 28.6 Å². The molecular weight excluding hydrogens is 481 g/mol. The number of fused-ring (bicyclic) bond motifs is 1. The van der Waals surface area contributed by atoms with E-state index in [0.29, 0.717) is 47.3 Å². The first-order valence-corrected chi connectivity index (χ1v) is 12.5. The van der Waals surface area contributed by atoms with Gasteiger partial charge in [-0.05, 0) is 55.6 Å². The third-order valence-corrected chi connectivity index (χ3v) is 6.50. The number of halogens is 1. The second-order valence-electron chi connectivity index (χ2n) is 8.75. The van der Waals surface area contributed by atoms with Crippen molar-refractivity contribution >= 4 is 50.5 Å². The average molecular weight is 508 g/mol. The molecule has 2 unspecified atom stereocenters.